The number of ether oxygens (including phenoxy) is 1. The summed E-state index contributed by atoms with van der Waals surface area (Å²) in [6, 6.07) is 6.22. The predicted octanol–water partition coefficient (Wildman–Crippen LogP) is 1.06. The second-order valence-electron chi connectivity index (χ2n) is 4.08. The van der Waals surface area contributed by atoms with Gasteiger partial charge in [0.1, 0.15) is 5.75 Å². The Balaban J connectivity index is 2.71. The number of methoxy groups -OCH3 is 1. The molecule has 0 aliphatic carbocycles. The van der Waals surface area contributed by atoms with Crippen LogP contribution in [0.2, 0.25) is 0 Å². The van der Waals surface area contributed by atoms with Crippen LogP contribution >= 0.6 is 0 Å². The number of rotatable bonds is 5. The first kappa shape index (κ1) is 12.8. The maximum atomic E-state index is 5.85. The predicted molar refractivity (Wildman–Crippen MR) is 67.4 cm³/mol. The Bertz CT molecular complexity index is 341. The van der Waals surface area contributed by atoms with Gasteiger partial charge in [0.15, 0.2) is 0 Å². The van der Waals surface area contributed by atoms with Crippen LogP contribution in [0.25, 0.3) is 0 Å². The van der Waals surface area contributed by atoms with Crippen molar-refractivity contribution in [3.05, 3.63) is 23.8 Å². The average molecular weight is 223 g/mol. The minimum atomic E-state index is 0.364. The van der Waals surface area contributed by atoms with Gasteiger partial charge in [-0.3, -0.25) is 4.90 Å². The molecule has 0 radical (unpaired) electrons. The summed E-state index contributed by atoms with van der Waals surface area (Å²) in [7, 11) is 3.67. The highest BCUT2D eigenvalue weighted by molar-refractivity contribution is 5.54. The van der Waals surface area contributed by atoms with Crippen molar-refractivity contribution < 1.29 is 4.74 Å². The summed E-state index contributed by atoms with van der Waals surface area (Å²) in [6.45, 7) is 3.60. The summed E-state index contributed by atoms with van der Waals surface area (Å²) in [5.41, 5.74) is 13.3. The first-order valence-corrected chi connectivity index (χ1v) is 5.41. The van der Waals surface area contributed by atoms with Crippen molar-refractivity contribution in [2.45, 2.75) is 19.5 Å². The van der Waals surface area contributed by atoms with Crippen molar-refractivity contribution in [3.63, 3.8) is 0 Å². The third-order valence-corrected chi connectivity index (χ3v) is 2.82. The van der Waals surface area contributed by atoms with Crippen LogP contribution in [0, 0.1) is 0 Å². The van der Waals surface area contributed by atoms with Crippen LogP contribution in [0.4, 0.5) is 5.69 Å². The molecule has 1 aromatic rings. The van der Waals surface area contributed by atoms with Gasteiger partial charge in [0.2, 0.25) is 0 Å². The highest BCUT2D eigenvalue weighted by Gasteiger charge is 2.08. The van der Waals surface area contributed by atoms with Crippen LogP contribution in [0.15, 0.2) is 18.2 Å². The monoisotopic (exact) mass is 223 g/mol. The molecule has 0 spiro atoms. The molecule has 0 bridgehead atoms. The zero-order valence-corrected chi connectivity index (χ0v) is 10.2. The molecular formula is C12H21N3O. The Morgan fingerprint density at radius 1 is 1.44 bits per heavy atom. The fraction of sp³-hybridized carbons (Fsp3) is 0.500. The molecule has 0 aromatic heterocycles. The largest absolute Gasteiger partial charge is 0.495 e. The summed E-state index contributed by atoms with van der Waals surface area (Å²) in [5.74, 6) is 0.721. The summed E-state index contributed by atoms with van der Waals surface area (Å²) >= 11 is 0. The molecule has 90 valence electrons. The first-order valence-electron chi connectivity index (χ1n) is 5.41. The number of nitrogens with two attached hydrogens (primary N) is 2. The van der Waals surface area contributed by atoms with Gasteiger partial charge in [-0.05, 0) is 31.7 Å². The maximum absolute atomic E-state index is 5.85. The lowest BCUT2D eigenvalue weighted by atomic mass is 10.1. The molecule has 4 nitrogen and oxygen atoms in total. The Labute approximate surface area is 97.2 Å². The SMILES string of the molecule is COc1ccc(CN(C)[C@H](C)CN)cc1N. The number of benzene rings is 1. The zero-order valence-electron chi connectivity index (χ0n) is 10.2. The van der Waals surface area contributed by atoms with Gasteiger partial charge in [0.05, 0.1) is 12.8 Å². The van der Waals surface area contributed by atoms with E-state index < -0.39 is 0 Å². The summed E-state index contributed by atoms with van der Waals surface area (Å²) < 4.78 is 5.11. The Kier molecular flexibility index (Phi) is 4.58. The van der Waals surface area contributed by atoms with Gasteiger partial charge in [-0.25, -0.2) is 0 Å². The van der Waals surface area contributed by atoms with Crippen LogP contribution in [0.3, 0.4) is 0 Å². The molecule has 4 heteroatoms. The van der Waals surface area contributed by atoms with Crippen LogP contribution < -0.4 is 16.2 Å². The maximum Gasteiger partial charge on any atom is 0.141 e. The molecule has 0 aliphatic rings. The zero-order chi connectivity index (χ0) is 12.1. The smallest absolute Gasteiger partial charge is 0.141 e. The van der Waals surface area contributed by atoms with E-state index in [-0.39, 0.29) is 0 Å². The summed E-state index contributed by atoms with van der Waals surface area (Å²) in [4.78, 5) is 2.20. The number of hydrogen-bond donors (Lipinski definition) is 2. The highest BCUT2D eigenvalue weighted by atomic mass is 16.5. The lowest BCUT2D eigenvalue weighted by Crippen LogP contribution is -2.34. The molecule has 0 aliphatic heterocycles. The molecule has 1 atom stereocenters. The lowest BCUT2D eigenvalue weighted by molar-refractivity contribution is 0.255. The molecule has 0 amide bonds. The Morgan fingerprint density at radius 3 is 2.62 bits per heavy atom. The molecule has 0 unspecified atom stereocenters. The number of nitrogen functional groups attached to an aromatic ring is 1. The highest BCUT2D eigenvalue weighted by Crippen LogP contribution is 2.22. The van der Waals surface area contributed by atoms with E-state index in [9.17, 15) is 0 Å². The molecule has 1 aromatic carbocycles. The van der Waals surface area contributed by atoms with Crippen molar-refractivity contribution in [2.75, 3.05) is 26.4 Å². The van der Waals surface area contributed by atoms with E-state index in [1.54, 1.807) is 7.11 Å². The van der Waals surface area contributed by atoms with Gasteiger partial charge >= 0.3 is 0 Å². The number of hydrogen-bond acceptors (Lipinski definition) is 4. The van der Waals surface area contributed by atoms with Crippen molar-refractivity contribution in [2.24, 2.45) is 5.73 Å². The van der Waals surface area contributed by atoms with E-state index in [1.807, 2.05) is 18.2 Å². The molecular weight excluding hydrogens is 202 g/mol. The fourth-order valence-corrected chi connectivity index (χ4v) is 1.51. The normalized spacial score (nSPS) is 12.8. The summed E-state index contributed by atoms with van der Waals surface area (Å²) in [6.07, 6.45) is 0. The molecule has 0 saturated carbocycles. The Hall–Kier alpha value is -1.26. The van der Waals surface area contributed by atoms with Crippen molar-refractivity contribution in [1.29, 1.82) is 0 Å². The van der Waals surface area contributed by atoms with E-state index in [0.717, 1.165) is 12.3 Å². The van der Waals surface area contributed by atoms with Gasteiger partial charge in [0.25, 0.3) is 0 Å². The number of nitrogens with zero attached hydrogens (tertiary/aromatic N) is 1. The van der Waals surface area contributed by atoms with Crippen molar-refractivity contribution in [1.82, 2.24) is 4.90 Å². The molecule has 0 fully saturated rings. The minimum absolute atomic E-state index is 0.364. The van der Waals surface area contributed by atoms with E-state index in [2.05, 4.69) is 18.9 Å². The first-order chi connectivity index (χ1) is 7.58. The third kappa shape index (κ3) is 3.12. The molecule has 0 saturated heterocycles. The molecule has 16 heavy (non-hydrogen) atoms. The third-order valence-electron chi connectivity index (χ3n) is 2.82. The van der Waals surface area contributed by atoms with Gasteiger partial charge in [-0.2, -0.15) is 0 Å². The van der Waals surface area contributed by atoms with Crippen molar-refractivity contribution >= 4 is 5.69 Å². The quantitative estimate of drug-likeness (QED) is 0.733. The molecule has 1 rings (SSSR count). The van der Waals surface area contributed by atoms with E-state index in [1.165, 1.54) is 5.56 Å². The van der Waals surface area contributed by atoms with E-state index >= 15 is 0 Å². The van der Waals surface area contributed by atoms with Crippen LogP contribution in [-0.2, 0) is 6.54 Å². The van der Waals surface area contributed by atoms with Gasteiger partial charge in [0, 0.05) is 19.1 Å². The van der Waals surface area contributed by atoms with Crippen LogP contribution in [0.5, 0.6) is 5.75 Å². The Morgan fingerprint density at radius 2 is 2.12 bits per heavy atom. The molecule has 4 N–H and O–H groups in total. The van der Waals surface area contributed by atoms with Gasteiger partial charge in [-0.1, -0.05) is 6.07 Å². The summed E-state index contributed by atoms with van der Waals surface area (Å²) in [5, 5.41) is 0. The van der Waals surface area contributed by atoms with Crippen LogP contribution in [0.1, 0.15) is 12.5 Å². The second-order valence-corrected chi connectivity index (χ2v) is 4.08. The fourth-order valence-electron chi connectivity index (χ4n) is 1.51. The average Bonchev–Trinajstić information content (AvgIpc) is 2.28. The second kappa shape index (κ2) is 5.72. The number of likely N-dealkylation sites (N-methyl/N-ethyl adjacent to an activating group) is 1. The van der Waals surface area contributed by atoms with Gasteiger partial charge in [-0.15, -0.1) is 0 Å². The standard InChI is InChI=1S/C12H21N3O/c1-9(7-13)15(2)8-10-4-5-12(16-3)11(14)6-10/h4-6,9H,7-8,13-14H2,1-3H3/t9-/m1/s1. The van der Waals surface area contributed by atoms with Gasteiger partial charge < -0.3 is 16.2 Å². The minimum Gasteiger partial charge on any atom is -0.495 e. The topological polar surface area (TPSA) is 64.5 Å². The van der Waals surface area contributed by atoms with E-state index in [4.69, 9.17) is 16.2 Å². The van der Waals surface area contributed by atoms with Crippen LogP contribution in [-0.4, -0.2) is 31.6 Å². The van der Waals surface area contributed by atoms with Crippen molar-refractivity contribution in [3.8, 4) is 5.75 Å². The van der Waals surface area contributed by atoms with E-state index in [0.29, 0.717) is 18.3 Å². The number of anilines is 1. The lowest BCUT2D eigenvalue weighted by Gasteiger charge is -2.23. The molecule has 0 heterocycles.